The summed E-state index contributed by atoms with van der Waals surface area (Å²) in [6.07, 6.45) is 6.13. The minimum atomic E-state index is 0.222. The fraction of sp³-hybridized carbons (Fsp3) is 0.385. The molecule has 1 aliphatic rings. The van der Waals surface area contributed by atoms with Gasteiger partial charge in [-0.3, -0.25) is 0 Å². The highest BCUT2D eigenvalue weighted by atomic mass is 16.5. The van der Waals surface area contributed by atoms with Crippen molar-refractivity contribution >= 4 is 0 Å². The second-order valence-electron chi connectivity index (χ2n) is 3.70. The second-order valence-corrected chi connectivity index (χ2v) is 3.70. The van der Waals surface area contributed by atoms with Crippen molar-refractivity contribution in [2.75, 3.05) is 6.61 Å². The predicted octanol–water partition coefficient (Wildman–Crippen LogP) is 2.90. The van der Waals surface area contributed by atoms with E-state index in [-0.39, 0.29) is 6.10 Å². The number of hydrogen-bond acceptors (Lipinski definition) is 2. The molecular formula is C13H16O2. The van der Waals surface area contributed by atoms with Gasteiger partial charge < -0.3 is 9.47 Å². The third-order valence-electron chi connectivity index (χ3n) is 2.46. The Kier molecular flexibility index (Phi) is 3.80. The highest BCUT2D eigenvalue weighted by Crippen LogP contribution is 2.11. The molecule has 0 fully saturated rings. The van der Waals surface area contributed by atoms with Crippen LogP contribution < -0.4 is 0 Å². The van der Waals surface area contributed by atoms with Gasteiger partial charge in [0.15, 0.2) is 0 Å². The van der Waals surface area contributed by atoms with Crippen molar-refractivity contribution in [1.29, 1.82) is 0 Å². The summed E-state index contributed by atoms with van der Waals surface area (Å²) < 4.78 is 11.1. The summed E-state index contributed by atoms with van der Waals surface area (Å²) in [5.74, 6) is 0. The van der Waals surface area contributed by atoms with Gasteiger partial charge in [-0.25, -0.2) is 0 Å². The van der Waals surface area contributed by atoms with E-state index in [9.17, 15) is 0 Å². The largest absolute Gasteiger partial charge is 0.499 e. The van der Waals surface area contributed by atoms with Crippen LogP contribution in [0.3, 0.4) is 0 Å². The monoisotopic (exact) mass is 204 g/mol. The molecule has 0 aliphatic carbocycles. The average Bonchev–Trinajstić information content (AvgIpc) is 2.56. The zero-order valence-corrected chi connectivity index (χ0v) is 8.76. The quantitative estimate of drug-likeness (QED) is 0.753. The predicted molar refractivity (Wildman–Crippen MR) is 59.3 cm³/mol. The molecule has 1 heterocycles. The van der Waals surface area contributed by atoms with Gasteiger partial charge in [0.25, 0.3) is 0 Å². The molecule has 1 aliphatic heterocycles. The number of hydrogen-bond donors (Lipinski definition) is 0. The van der Waals surface area contributed by atoms with Crippen LogP contribution >= 0.6 is 0 Å². The van der Waals surface area contributed by atoms with E-state index in [0.29, 0.717) is 13.2 Å². The van der Waals surface area contributed by atoms with E-state index in [4.69, 9.17) is 9.47 Å². The van der Waals surface area contributed by atoms with Crippen LogP contribution in [-0.2, 0) is 16.1 Å². The summed E-state index contributed by atoms with van der Waals surface area (Å²) in [6, 6.07) is 10.2. The topological polar surface area (TPSA) is 18.5 Å². The molecule has 0 N–H and O–H groups in total. The fourth-order valence-corrected chi connectivity index (χ4v) is 1.58. The van der Waals surface area contributed by atoms with Gasteiger partial charge in [-0.05, 0) is 24.5 Å². The smallest absolute Gasteiger partial charge is 0.113 e. The first-order chi connectivity index (χ1) is 7.45. The van der Waals surface area contributed by atoms with Gasteiger partial charge in [-0.2, -0.15) is 0 Å². The van der Waals surface area contributed by atoms with Crippen LogP contribution in [0.2, 0.25) is 0 Å². The van der Waals surface area contributed by atoms with Crippen molar-refractivity contribution in [2.45, 2.75) is 25.6 Å². The summed E-state index contributed by atoms with van der Waals surface area (Å²) in [7, 11) is 0. The Balaban J connectivity index is 1.78. The Morgan fingerprint density at radius 2 is 2.13 bits per heavy atom. The lowest BCUT2D eigenvalue weighted by Gasteiger charge is -2.14. The summed E-state index contributed by atoms with van der Waals surface area (Å²) in [5.41, 5.74) is 1.22. The van der Waals surface area contributed by atoms with Crippen molar-refractivity contribution in [3.63, 3.8) is 0 Å². The van der Waals surface area contributed by atoms with Gasteiger partial charge in [0.2, 0.25) is 0 Å². The Morgan fingerprint density at radius 1 is 1.27 bits per heavy atom. The molecule has 2 rings (SSSR count). The van der Waals surface area contributed by atoms with Crippen molar-refractivity contribution in [3.05, 3.63) is 48.2 Å². The molecule has 2 nitrogen and oxygen atoms in total. The first-order valence-electron chi connectivity index (χ1n) is 5.37. The number of rotatable bonds is 3. The van der Waals surface area contributed by atoms with E-state index >= 15 is 0 Å². The summed E-state index contributed by atoms with van der Waals surface area (Å²) >= 11 is 0. The molecule has 1 atom stereocenters. The van der Waals surface area contributed by atoms with Crippen LogP contribution in [0.5, 0.6) is 0 Å². The third kappa shape index (κ3) is 3.40. The number of benzene rings is 1. The standard InChI is InChI=1S/C13H16O2/c1-2-6-12(7-3-1)10-15-13-8-4-5-9-14-11-13/h1-3,5-7,9,13H,4,8,10-11H2. The van der Waals surface area contributed by atoms with Crippen LogP contribution in [0.4, 0.5) is 0 Å². The highest BCUT2D eigenvalue weighted by Gasteiger charge is 2.10. The Morgan fingerprint density at radius 3 is 3.00 bits per heavy atom. The Labute approximate surface area is 90.5 Å². The van der Waals surface area contributed by atoms with E-state index < -0.39 is 0 Å². The molecule has 1 aromatic carbocycles. The van der Waals surface area contributed by atoms with E-state index in [0.717, 1.165) is 12.8 Å². The van der Waals surface area contributed by atoms with E-state index in [1.165, 1.54) is 5.56 Å². The van der Waals surface area contributed by atoms with Crippen molar-refractivity contribution in [2.24, 2.45) is 0 Å². The molecule has 80 valence electrons. The zero-order valence-electron chi connectivity index (χ0n) is 8.76. The number of ether oxygens (including phenoxy) is 2. The van der Waals surface area contributed by atoms with Gasteiger partial charge in [0, 0.05) is 0 Å². The van der Waals surface area contributed by atoms with Crippen LogP contribution in [-0.4, -0.2) is 12.7 Å². The fourth-order valence-electron chi connectivity index (χ4n) is 1.58. The SMILES string of the molecule is C1=COCC(OCc2ccccc2)CC1. The lowest BCUT2D eigenvalue weighted by atomic mass is 10.2. The summed E-state index contributed by atoms with van der Waals surface area (Å²) in [4.78, 5) is 0. The average molecular weight is 204 g/mol. The molecule has 2 heteroatoms. The van der Waals surface area contributed by atoms with Crippen molar-refractivity contribution in [3.8, 4) is 0 Å². The molecule has 0 radical (unpaired) electrons. The van der Waals surface area contributed by atoms with Crippen LogP contribution in [0.25, 0.3) is 0 Å². The molecule has 1 unspecified atom stereocenters. The maximum atomic E-state index is 5.78. The maximum absolute atomic E-state index is 5.78. The van der Waals surface area contributed by atoms with Crippen molar-refractivity contribution in [1.82, 2.24) is 0 Å². The lowest BCUT2D eigenvalue weighted by Crippen LogP contribution is -2.17. The van der Waals surface area contributed by atoms with Crippen LogP contribution in [0.15, 0.2) is 42.7 Å². The van der Waals surface area contributed by atoms with E-state index in [1.807, 2.05) is 24.3 Å². The van der Waals surface area contributed by atoms with Gasteiger partial charge in [0.1, 0.15) is 6.61 Å². The minimum Gasteiger partial charge on any atom is -0.499 e. The van der Waals surface area contributed by atoms with Gasteiger partial charge in [-0.1, -0.05) is 30.3 Å². The molecule has 0 saturated heterocycles. The lowest BCUT2D eigenvalue weighted by molar-refractivity contribution is -0.00194. The Hall–Kier alpha value is -1.28. The van der Waals surface area contributed by atoms with Crippen LogP contribution in [0.1, 0.15) is 18.4 Å². The molecule has 1 aromatic rings. The third-order valence-corrected chi connectivity index (χ3v) is 2.46. The summed E-state index contributed by atoms with van der Waals surface area (Å²) in [5, 5.41) is 0. The first-order valence-corrected chi connectivity index (χ1v) is 5.37. The summed E-state index contributed by atoms with van der Waals surface area (Å²) in [6.45, 7) is 1.35. The van der Waals surface area contributed by atoms with Crippen LogP contribution in [0, 0.1) is 0 Å². The Bertz CT molecular complexity index is 296. The molecule has 0 saturated carbocycles. The molecule has 0 bridgehead atoms. The normalized spacial score (nSPS) is 20.7. The van der Waals surface area contributed by atoms with E-state index in [1.54, 1.807) is 6.26 Å². The first kappa shape index (κ1) is 10.2. The molecule has 0 spiro atoms. The van der Waals surface area contributed by atoms with Gasteiger partial charge >= 0.3 is 0 Å². The molecule has 15 heavy (non-hydrogen) atoms. The van der Waals surface area contributed by atoms with Gasteiger partial charge in [0.05, 0.1) is 19.0 Å². The molecular weight excluding hydrogens is 188 g/mol. The molecule has 0 amide bonds. The van der Waals surface area contributed by atoms with E-state index in [2.05, 4.69) is 12.1 Å². The number of allylic oxidation sites excluding steroid dienone is 1. The molecule has 0 aromatic heterocycles. The van der Waals surface area contributed by atoms with Crippen molar-refractivity contribution < 1.29 is 9.47 Å². The highest BCUT2D eigenvalue weighted by molar-refractivity contribution is 5.13. The minimum absolute atomic E-state index is 0.222. The zero-order chi connectivity index (χ0) is 10.3. The van der Waals surface area contributed by atoms with Gasteiger partial charge in [-0.15, -0.1) is 0 Å². The maximum Gasteiger partial charge on any atom is 0.113 e. The second kappa shape index (κ2) is 5.56.